The maximum absolute atomic E-state index is 4.58. The van der Waals surface area contributed by atoms with Crippen LogP contribution in [0.15, 0.2) is 48.8 Å². The number of aryl methyl sites for hydroxylation is 2. The number of imidazole rings is 1. The summed E-state index contributed by atoms with van der Waals surface area (Å²) in [6.07, 6.45) is 9.12. The molecule has 2 heterocycles. The molecule has 0 radical (unpaired) electrons. The molecule has 2 aromatic heterocycles. The van der Waals surface area contributed by atoms with Crippen molar-refractivity contribution in [1.82, 2.24) is 9.38 Å². The van der Waals surface area contributed by atoms with Gasteiger partial charge in [-0.15, -0.1) is 0 Å². The van der Waals surface area contributed by atoms with Crippen molar-refractivity contribution in [3.63, 3.8) is 0 Å². The Hall–Kier alpha value is -2.09. The molecule has 1 aliphatic rings. The Balaban J connectivity index is 1.88. The normalized spacial score (nSPS) is 14.5. The minimum absolute atomic E-state index is 1.05. The highest BCUT2D eigenvalue weighted by Gasteiger charge is 2.12. The van der Waals surface area contributed by atoms with Gasteiger partial charge in [0.15, 0.2) is 0 Å². The first-order valence-corrected chi connectivity index (χ1v) is 6.96. The van der Waals surface area contributed by atoms with Crippen LogP contribution in [0, 0.1) is 0 Å². The van der Waals surface area contributed by atoms with E-state index in [-0.39, 0.29) is 0 Å². The fourth-order valence-corrected chi connectivity index (χ4v) is 3.03. The van der Waals surface area contributed by atoms with Crippen LogP contribution in [0.4, 0.5) is 0 Å². The van der Waals surface area contributed by atoms with Crippen molar-refractivity contribution in [2.24, 2.45) is 0 Å². The molecule has 94 valence electrons. The highest BCUT2D eigenvalue weighted by molar-refractivity contribution is 5.63. The van der Waals surface area contributed by atoms with E-state index in [2.05, 4.69) is 45.9 Å². The van der Waals surface area contributed by atoms with Crippen molar-refractivity contribution in [2.45, 2.75) is 25.7 Å². The van der Waals surface area contributed by atoms with Crippen LogP contribution in [0.1, 0.15) is 24.0 Å². The molecule has 0 atom stereocenters. The zero-order chi connectivity index (χ0) is 12.7. The predicted octanol–water partition coefficient (Wildman–Crippen LogP) is 3.88. The summed E-state index contributed by atoms with van der Waals surface area (Å²) in [6, 6.07) is 13.0. The van der Waals surface area contributed by atoms with Gasteiger partial charge in [0.25, 0.3) is 0 Å². The second kappa shape index (κ2) is 4.23. The minimum Gasteiger partial charge on any atom is -0.300 e. The Morgan fingerprint density at radius 3 is 2.79 bits per heavy atom. The zero-order valence-corrected chi connectivity index (χ0v) is 10.8. The van der Waals surface area contributed by atoms with E-state index in [4.69, 9.17) is 0 Å². The summed E-state index contributed by atoms with van der Waals surface area (Å²) in [5.74, 6) is 1.05. The molecule has 4 rings (SSSR count). The number of hydrogen-bond acceptors (Lipinski definition) is 1. The fourth-order valence-electron chi connectivity index (χ4n) is 3.03. The van der Waals surface area contributed by atoms with Crippen LogP contribution in [0.2, 0.25) is 0 Å². The van der Waals surface area contributed by atoms with Gasteiger partial charge in [0.2, 0.25) is 0 Å². The summed E-state index contributed by atoms with van der Waals surface area (Å²) in [5.41, 5.74) is 5.41. The van der Waals surface area contributed by atoms with E-state index in [1.807, 2.05) is 12.3 Å². The molecule has 1 aromatic carbocycles. The summed E-state index contributed by atoms with van der Waals surface area (Å²) in [5, 5.41) is 0. The second-order valence-electron chi connectivity index (χ2n) is 5.27. The van der Waals surface area contributed by atoms with Gasteiger partial charge in [-0.2, -0.15) is 0 Å². The zero-order valence-electron chi connectivity index (χ0n) is 10.8. The van der Waals surface area contributed by atoms with E-state index in [0.717, 1.165) is 11.3 Å². The number of fused-ring (bicyclic) bond motifs is 2. The van der Waals surface area contributed by atoms with Gasteiger partial charge in [-0.3, -0.25) is 4.40 Å². The molecule has 2 heteroatoms. The molecule has 1 aliphatic carbocycles. The van der Waals surface area contributed by atoms with Gasteiger partial charge in [0.05, 0.1) is 11.7 Å². The monoisotopic (exact) mass is 248 g/mol. The third-order valence-corrected chi connectivity index (χ3v) is 4.05. The SMILES string of the molecule is c1ccn2c(-c3ccc4c(c3)CCCC4)ncc2c1. The fraction of sp³-hybridized carbons (Fsp3) is 0.235. The number of pyridine rings is 1. The Kier molecular flexibility index (Phi) is 2.41. The molecule has 0 N–H and O–H groups in total. The van der Waals surface area contributed by atoms with Gasteiger partial charge < -0.3 is 0 Å². The van der Waals surface area contributed by atoms with Crippen LogP contribution in [0.5, 0.6) is 0 Å². The standard InChI is InChI=1S/C17H16N2/c1-2-6-14-11-15(9-8-13(14)5-1)17-18-12-16-7-3-4-10-19(16)17/h3-4,7-12H,1-2,5-6H2. The van der Waals surface area contributed by atoms with Crippen molar-refractivity contribution >= 4 is 5.52 Å². The highest BCUT2D eigenvalue weighted by atomic mass is 15.0. The second-order valence-corrected chi connectivity index (χ2v) is 5.27. The van der Waals surface area contributed by atoms with E-state index >= 15 is 0 Å². The first-order chi connectivity index (χ1) is 9.42. The molecule has 0 saturated carbocycles. The topological polar surface area (TPSA) is 17.3 Å². The molecule has 0 unspecified atom stereocenters. The average molecular weight is 248 g/mol. The van der Waals surface area contributed by atoms with Crippen LogP contribution in [-0.4, -0.2) is 9.38 Å². The minimum atomic E-state index is 1.05. The number of rotatable bonds is 1. The summed E-state index contributed by atoms with van der Waals surface area (Å²) < 4.78 is 2.16. The summed E-state index contributed by atoms with van der Waals surface area (Å²) in [7, 11) is 0. The van der Waals surface area contributed by atoms with E-state index in [1.165, 1.54) is 42.4 Å². The lowest BCUT2D eigenvalue weighted by atomic mass is 9.90. The number of nitrogens with zero attached hydrogens (tertiary/aromatic N) is 2. The first-order valence-electron chi connectivity index (χ1n) is 6.96. The average Bonchev–Trinajstić information content (AvgIpc) is 2.91. The first kappa shape index (κ1) is 10.8. The van der Waals surface area contributed by atoms with Gasteiger partial charge in [0.1, 0.15) is 5.82 Å². The molecule has 0 amide bonds. The number of benzene rings is 1. The third kappa shape index (κ3) is 1.75. The molecule has 0 spiro atoms. The Bertz CT molecular complexity index is 740. The molecular formula is C17H16N2. The molecule has 0 aliphatic heterocycles. The molecular weight excluding hydrogens is 232 g/mol. The summed E-state index contributed by atoms with van der Waals surface area (Å²) in [4.78, 5) is 4.58. The van der Waals surface area contributed by atoms with Crippen molar-refractivity contribution in [2.75, 3.05) is 0 Å². The van der Waals surface area contributed by atoms with Crippen molar-refractivity contribution in [3.05, 3.63) is 59.9 Å². The molecule has 3 aromatic rings. The van der Waals surface area contributed by atoms with Crippen LogP contribution >= 0.6 is 0 Å². The lowest BCUT2D eigenvalue weighted by Crippen LogP contribution is -2.02. The van der Waals surface area contributed by atoms with Gasteiger partial charge in [-0.25, -0.2) is 4.98 Å². The number of aromatic nitrogens is 2. The maximum Gasteiger partial charge on any atom is 0.144 e. The largest absolute Gasteiger partial charge is 0.300 e. The maximum atomic E-state index is 4.58. The van der Waals surface area contributed by atoms with Gasteiger partial charge in [-0.1, -0.05) is 18.2 Å². The lowest BCUT2D eigenvalue weighted by Gasteiger charge is -2.16. The molecule has 2 nitrogen and oxygen atoms in total. The number of hydrogen-bond donors (Lipinski definition) is 0. The van der Waals surface area contributed by atoms with Crippen LogP contribution in [-0.2, 0) is 12.8 Å². The van der Waals surface area contributed by atoms with Crippen molar-refractivity contribution in [1.29, 1.82) is 0 Å². The Morgan fingerprint density at radius 1 is 0.947 bits per heavy atom. The summed E-state index contributed by atoms with van der Waals surface area (Å²) in [6.45, 7) is 0. The van der Waals surface area contributed by atoms with E-state index in [0.29, 0.717) is 0 Å². The van der Waals surface area contributed by atoms with Gasteiger partial charge in [0, 0.05) is 11.8 Å². The molecule has 0 saturated heterocycles. The van der Waals surface area contributed by atoms with Crippen molar-refractivity contribution in [3.8, 4) is 11.4 Å². The van der Waals surface area contributed by atoms with Crippen LogP contribution < -0.4 is 0 Å². The van der Waals surface area contributed by atoms with Gasteiger partial charge >= 0.3 is 0 Å². The molecule has 0 bridgehead atoms. The highest BCUT2D eigenvalue weighted by Crippen LogP contribution is 2.27. The quantitative estimate of drug-likeness (QED) is 0.639. The van der Waals surface area contributed by atoms with E-state index in [1.54, 1.807) is 0 Å². The van der Waals surface area contributed by atoms with Crippen LogP contribution in [0.3, 0.4) is 0 Å². The lowest BCUT2D eigenvalue weighted by molar-refractivity contribution is 0.686. The van der Waals surface area contributed by atoms with Crippen LogP contribution in [0.25, 0.3) is 16.9 Å². The Labute approximate surface area is 112 Å². The van der Waals surface area contributed by atoms with Gasteiger partial charge in [-0.05, 0) is 55.0 Å². The molecule has 0 fully saturated rings. The van der Waals surface area contributed by atoms with E-state index < -0.39 is 0 Å². The van der Waals surface area contributed by atoms with E-state index in [9.17, 15) is 0 Å². The predicted molar refractivity (Wildman–Crippen MR) is 77.3 cm³/mol. The Morgan fingerprint density at radius 2 is 1.84 bits per heavy atom. The molecule has 19 heavy (non-hydrogen) atoms. The smallest absolute Gasteiger partial charge is 0.144 e. The summed E-state index contributed by atoms with van der Waals surface area (Å²) >= 11 is 0. The van der Waals surface area contributed by atoms with Crippen molar-refractivity contribution < 1.29 is 0 Å². The third-order valence-electron chi connectivity index (χ3n) is 4.05.